The number of anilines is 1. The number of hydrogen-bond acceptors (Lipinski definition) is 8. The quantitative estimate of drug-likeness (QED) is 0.0513. The van der Waals surface area contributed by atoms with Crippen LogP contribution in [0.25, 0.3) is 17.0 Å². The van der Waals surface area contributed by atoms with Crippen LogP contribution in [0, 0.1) is 0 Å². The topological polar surface area (TPSA) is 67.4 Å². The van der Waals surface area contributed by atoms with E-state index in [0.717, 1.165) is 151 Å². The molecule has 2 unspecified atom stereocenters. The van der Waals surface area contributed by atoms with Crippen LogP contribution in [-0.4, -0.2) is 67.1 Å². The second-order valence-corrected chi connectivity index (χ2v) is 16.2. The Labute approximate surface area is 366 Å². The molecule has 8 nitrogen and oxygen atoms in total. The Morgan fingerprint density at radius 2 is 1.70 bits per heavy atom. The largest absolute Gasteiger partial charge is 0.496 e. The number of Topliss-reactive ketones (excluding diaryl/α,β-unsaturated/α-hetero) is 1. The van der Waals surface area contributed by atoms with Crippen molar-refractivity contribution in [2.75, 3.05) is 39.3 Å². The molecule has 2 aliphatic heterocycles. The number of rotatable bonds is 19. The molecule has 1 aromatic heterocycles. The molecule has 3 aromatic rings. The van der Waals surface area contributed by atoms with Crippen LogP contribution in [0.5, 0.6) is 17.2 Å². The van der Waals surface area contributed by atoms with Crippen LogP contribution in [0.3, 0.4) is 0 Å². The summed E-state index contributed by atoms with van der Waals surface area (Å²) in [4.78, 5) is 23.9. The van der Waals surface area contributed by atoms with E-state index in [2.05, 4.69) is 115 Å². The first-order valence-electron chi connectivity index (χ1n) is 22.1. The van der Waals surface area contributed by atoms with Crippen LogP contribution in [-0.2, 0) is 17.8 Å². The number of pyridine rings is 1. The summed E-state index contributed by atoms with van der Waals surface area (Å²) in [6, 6.07) is 12.9. The van der Waals surface area contributed by atoms with Crippen molar-refractivity contribution >= 4 is 28.6 Å². The Hall–Kier alpha value is -5.90. The molecule has 61 heavy (non-hydrogen) atoms. The van der Waals surface area contributed by atoms with Gasteiger partial charge in [0.2, 0.25) is 0 Å². The third-order valence-corrected chi connectivity index (χ3v) is 12.3. The van der Waals surface area contributed by atoms with Gasteiger partial charge in [0.1, 0.15) is 28.8 Å². The van der Waals surface area contributed by atoms with Gasteiger partial charge >= 0.3 is 0 Å². The number of aromatic nitrogens is 1. The third-order valence-electron chi connectivity index (χ3n) is 12.3. The lowest BCUT2D eigenvalue weighted by Crippen LogP contribution is -2.31. The summed E-state index contributed by atoms with van der Waals surface area (Å²) >= 11 is 0. The number of nitrogens with zero attached hydrogens (tertiary/aromatic N) is 4. The maximum absolute atomic E-state index is 12.3. The highest BCUT2D eigenvalue weighted by Gasteiger charge is 2.34. The van der Waals surface area contributed by atoms with Crippen molar-refractivity contribution in [3.05, 3.63) is 137 Å². The molecule has 0 spiro atoms. The molecular weight excluding hydrogens is 757 g/mol. The Kier molecular flexibility index (Phi) is 15.4. The Morgan fingerprint density at radius 1 is 0.934 bits per heavy atom. The van der Waals surface area contributed by atoms with Crippen LogP contribution in [0.4, 0.5) is 5.82 Å². The average molecular weight is 823 g/mol. The molecule has 8 heteroatoms. The number of ketones is 1. The maximum Gasteiger partial charge on any atom is 0.133 e. The molecule has 2 aromatic carbocycles. The number of benzene rings is 2. The summed E-state index contributed by atoms with van der Waals surface area (Å²) in [5, 5.41) is 0. The Morgan fingerprint density at radius 3 is 2.38 bits per heavy atom. The highest BCUT2D eigenvalue weighted by atomic mass is 16.5. The minimum absolute atomic E-state index is 0. The van der Waals surface area contributed by atoms with Crippen LogP contribution >= 0.6 is 0 Å². The first-order chi connectivity index (χ1) is 29.7. The lowest BCUT2D eigenvalue weighted by Gasteiger charge is -2.30. The molecule has 3 aliphatic rings. The summed E-state index contributed by atoms with van der Waals surface area (Å²) in [7, 11) is 5.50. The van der Waals surface area contributed by atoms with Crippen molar-refractivity contribution in [3.63, 3.8) is 0 Å². The van der Waals surface area contributed by atoms with E-state index in [9.17, 15) is 4.79 Å². The molecule has 322 valence electrons. The molecular formula is C53H66N4O4. The first-order valence-corrected chi connectivity index (χ1v) is 22.1. The van der Waals surface area contributed by atoms with Crippen LogP contribution in [0.15, 0.2) is 104 Å². The van der Waals surface area contributed by atoms with Gasteiger partial charge in [0, 0.05) is 75.6 Å². The Balaban J connectivity index is 0.00000726. The summed E-state index contributed by atoms with van der Waals surface area (Å²) < 4.78 is 18.8. The highest BCUT2D eigenvalue weighted by Crippen LogP contribution is 2.43. The minimum Gasteiger partial charge on any atom is -0.496 e. The normalized spacial score (nSPS) is 16.4. The lowest BCUT2D eigenvalue weighted by atomic mass is 9.89. The zero-order chi connectivity index (χ0) is 43.5. The first kappa shape index (κ1) is 44.6. The molecule has 1 fully saturated rings. The summed E-state index contributed by atoms with van der Waals surface area (Å²) in [5.74, 6) is 3.78. The van der Waals surface area contributed by atoms with Crippen molar-refractivity contribution in [1.82, 2.24) is 14.8 Å². The number of methoxy groups -OCH3 is 2. The fourth-order valence-electron chi connectivity index (χ4n) is 9.10. The molecule has 1 saturated carbocycles. The zero-order valence-electron chi connectivity index (χ0n) is 37.2. The molecule has 2 atom stereocenters. The van der Waals surface area contributed by atoms with Crippen molar-refractivity contribution in [2.24, 2.45) is 0 Å². The molecule has 0 N–H and O–H groups in total. The van der Waals surface area contributed by atoms with Crippen LogP contribution in [0.1, 0.15) is 119 Å². The van der Waals surface area contributed by atoms with E-state index < -0.39 is 0 Å². The average Bonchev–Trinajstić information content (AvgIpc) is 3.53. The van der Waals surface area contributed by atoms with E-state index in [4.69, 9.17) is 19.2 Å². The molecule has 3 heterocycles. The molecule has 0 radical (unpaired) electrons. The molecule has 0 bridgehead atoms. The SMILES string of the molecule is C=C=C1CCC(=O)CCC1N1Cc2cc(OC(CC)CCCCCc3c(OC)cc(C4=CN(C)C(=C=C)c5cnc(N(CCC)CCC=C)cc54)cc3OC)ccc2C1=C=C.[HH]. The summed E-state index contributed by atoms with van der Waals surface area (Å²) in [6.07, 6.45) is 16.5. The predicted octanol–water partition coefficient (Wildman–Crippen LogP) is 11.7. The van der Waals surface area contributed by atoms with Crippen molar-refractivity contribution in [2.45, 2.75) is 110 Å². The fraction of sp³-hybridized carbons (Fsp3) is 0.415. The van der Waals surface area contributed by atoms with E-state index in [1.54, 1.807) is 14.2 Å². The Bertz CT molecular complexity index is 2270. The van der Waals surface area contributed by atoms with Crippen molar-refractivity contribution in [3.8, 4) is 17.2 Å². The monoisotopic (exact) mass is 823 g/mol. The van der Waals surface area contributed by atoms with Gasteiger partial charge in [0.05, 0.1) is 37.8 Å². The molecule has 1 aliphatic carbocycles. The standard InChI is InChI=1S/C53H64N4O4.H2/c1-10-16-29-56(28-11-2)53-33-45-46(34-54-53)48(14-5)55(7)36-47(45)38-31-51(59-8)44(52(32-38)60-9)21-19-17-18-20-41(13-4)61-42-25-26-43-39(30-42)35-57(49(43)15-6)50-27-24-40(58)23-22-37(50)12-3;/h10,25-26,30-34,36,41,50H,1,3,5-6,11,13,16-24,27-29,35H2,2,4,7-9H3;1H. The van der Waals surface area contributed by atoms with E-state index in [0.29, 0.717) is 25.0 Å². The smallest absolute Gasteiger partial charge is 0.133 e. The third kappa shape index (κ3) is 10.0. The van der Waals surface area contributed by atoms with Crippen LogP contribution < -0.4 is 19.1 Å². The number of hydrogen-bond donors (Lipinski definition) is 0. The second-order valence-electron chi connectivity index (χ2n) is 16.2. The molecule has 0 amide bonds. The van der Waals surface area contributed by atoms with Crippen molar-refractivity contribution in [1.29, 1.82) is 0 Å². The number of fused-ring (bicyclic) bond motifs is 2. The van der Waals surface area contributed by atoms with E-state index >= 15 is 0 Å². The molecule has 0 saturated heterocycles. The van der Waals surface area contributed by atoms with Gasteiger partial charge in [-0.1, -0.05) is 46.1 Å². The van der Waals surface area contributed by atoms with Gasteiger partial charge in [-0.2, -0.15) is 0 Å². The number of unbranched alkanes of at least 4 members (excludes halogenated alkanes) is 2. The van der Waals surface area contributed by atoms with Gasteiger partial charge in [0.25, 0.3) is 0 Å². The van der Waals surface area contributed by atoms with Gasteiger partial charge in [-0.25, -0.2) is 4.98 Å². The maximum atomic E-state index is 12.3. The van der Waals surface area contributed by atoms with E-state index in [1.807, 2.05) is 19.3 Å². The fourth-order valence-corrected chi connectivity index (χ4v) is 9.10. The van der Waals surface area contributed by atoms with Gasteiger partial charge in [-0.05, 0) is 116 Å². The lowest BCUT2D eigenvalue weighted by molar-refractivity contribution is -0.118. The zero-order valence-corrected chi connectivity index (χ0v) is 37.2. The predicted molar refractivity (Wildman–Crippen MR) is 252 cm³/mol. The summed E-state index contributed by atoms with van der Waals surface area (Å²) in [6.45, 7) is 22.8. The van der Waals surface area contributed by atoms with Crippen LogP contribution in [0.2, 0.25) is 0 Å². The van der Waals surface area contributed by atoms with Gasteiger partial charge in [-0.15, -0.1) is 23.8 Å². The number of carbonyl (C=O) groups excluding carboxylic acids is 1. The van der Waals surface area contributed by atoms with E-state index in [1.165, 1.54) is 5.56 Å². The number of carbonyl (C=O) groups is 1. The molecule has 6 rings (SSSR count). The second kappa shape index (κ2) is 21.1. The summed E-state index contributed by atoms with van der Waals surface area (Å²) in [5.41, 5.74) is 20.0. The minimum atomic E-state index is 0. The van der Waals surface area contributed by atoms with Gasteiger partial charge in [-0.3, -0.25) is 4.79 Å². The van der Waals surface area contributed by atoms with E-state index in [-0.39, 0.29) is 13.6 Å². The highest BCUT2D eigenvalue weighted by molar-refractivity contribution is 5.91. The number of ether oxygens (including phenoxy) is 3. The van der Waals surface area contributed by atoms with Crippen molar-refractivity contribution < 1.29 is 20.4 Å². The van der Waals surface area contributed by atoms with Gasteiger partial charge < -0.3 is 28.9 Å². The van der Waals surface area contributed by atoms with Gasteiger partial charge in [0.15, 0.2) is 0 Å².